The number of rotatable bonds is 1. The second-order valence-corrected chi connectivity index (χ2v) is 2.04. The Hall–Kier alpha value is -0.220. The number of carbonyl (C=O) groups excluding carboxylic acids is 1. The van der Waals surface area contributed by atoms with Crippen LogP contribution >= 0.6 is 12.6 Å². The Labute approximate surface area is 54.6 Å². The zero-order chi connectivity index (χ0) is 6.73. The molecule has 0 bridgehead atoms. The predicted molar refractivity (Wildman–Crippen MR) is 35.8 cm³/mol. The lowest BCUT2D eigenvalue weighted by Gasteiger charge is -2.21. The van der Waals surface area contributed by atoms with E-state index in [0.29, 0.717) is 0 Å². The molecule has 3 nitrogen and oxygen atoms in total. The molecule has 0 spiro atoms. The van der Waals surface area contributed by atoms with Crippen molar-refractivity contribution in [3.05, 3.63) is 0 Å². The lowest BCUT2D eigenvalue weighted by atomic mass is 11.0. The SMILES string of the molecule is CN(C)N(C)C(=O)S. The normalized spacial score (nSPS) is 9.62. The second kappa shape index (κ2) is 2.94. The average Bonchev–Trinajstić information content (AvgIpc) is 1.64. The summed E-state index contributed by atoms with van der Waals surface area (Å²) in [6.07, 6.45) is 0. The van der Waals surface area contributed by atoms with Crippen LogP contribution in [-0.4, -0.2) is 36.4 Å². The van der Waals surface area contributed by atoms with Crippen LogP contribution in [0.2, 0.25) is 0 Å². The van der Waals surface area contributed by atoms with Crippen molar-refractivity contribution in [3.63, 3.8) is 0 Å². The smallest absolute Gasteiger partial charge is 0.270 e. The maximum Gasteiger partial charge on any atom is 0.292 e. The third-order valence-corrected chi connectivity index (χ3v) is 1.17. The number of hydrogen-bond donors (Lipinski definition) is 1. The predicted octanol–water partition coefficient (Wildman–Crippen LogP) is 0.445. The van der Waals surface area contributed by atoms with Crippen LogP contribution in [0.15, 0.2) is 0 Å². The van der Waals surface area contributed by atoms with Gasteiger partial charge in [0.25, 0.3) is 5.24 Å². The van der Waals surface area contributed by atoms with Crippen LogP contribution in [0, 0.1) is 0 Å². The molecule has 0 aromatic carbocycles. The molecule has 0 aromatic heterocycles. The minimum absolute atomic E-state index is 0.255. The minimum Gasteiger partial charge on any atom is -0.270 e. The molecule has 0 rings (SSSR count). The van der Waals surface area contributed by atoms with Crippen molar-refractivity contribution in [2.24, 2.45) is 0 Å². The molecule has 0 unspecified atom stereocenters. The summed E-state index contributed by atoms with van der Waals surface area (Å²) in [6, 6.07) is 0. The molecule has 0 atom stereocenters. The maximum atomic E-state index is 10.3. The summed E-state index contributed by atoms with van der Waals surface area (Å²) in [5, 5.41) is 2.79. The monoisotopic (exact) mass is 134 g/mol. The minimum atomic E-state index is -0.255. The summed E-state index contributed by atoms with van der Waals surface area (Å²) in [6.45, 7) is 0. The molecule has 0 fully saturated rings. The molecule has 1 amide bonds. The average molecular weight is 134 g/mol. The first-order valence-corrected chi connectivity index (χ1v) is 2.64. The zero-order valence-electron chi connectivity index (χ0n) is 5.25. The van der Waals surface area contributed by atoms with Crippen LogP contribution in [0.1, 0.15) is 0 Å². The Morgan fingerprint density at radius 3 is 1.75 bits per heavy atom. The van der Waals surface area contributed by atoms with Crippen LogP contribution in [0.5, 0.6) is 0 Å². The molecule has 0 N–H and O–H groups in total. The highest BCUT2D eigenvalue weighted by Crippen LogP contribution is 1.91. The molecule has 0 aliphatic heterocycles. The fourth-order valence-electron chi connectivity index (χ4n) is 0.171. The van der Waals surface area contributed by atoms with E-state index in [1.807, 2.05) is 0 Å². The van der Waals surface area contributed by atoms with Crippen molar-refractivity contribution in [2.45, 2.75) is 0 Å². The van der Waals surface area contributed by atoms with Crippen molar-refractivity contribution >= 4 is 17.9 Å². The van der Waals surface area contributed by atoms with Gasteiger partial charge in [0.2, 0.25) is 0 Å². The first kappa shape index (κ1) is 7.78. The van der Waals surface area contributed by atoms with E-state index in [4.69, 9.17) is 0 Å². The van der Waals surface area contributed by atoms with E-state index in [1.54, 1.807) is 26.2 Å². The molecule has 8 heavy (non-hydrogen) atoms. The van der Waals surface area contributed by atoms with Gasteiger partial charge in [-0.05, 0) is 0 Å². The summed E-state index contributed by atoms with van der Waals surface area (Å²) < 4.78 is 0. The quantitative estimate of drug-likeness (QED) is 0.415. The third-order valence-electron chi connectivity index (χ3n) is 0.877. The van der Waals surface area contributed by atoms with E-state index in [1.165, 1.54) is 5.01 Å². The van der Waals surface area contributed by atoms with Crippen LogP contribution in [0.3, 0.4) is 0 Å². The van der Waals surface area contributed by atoms with Gasteiger partial charge < -0.3 is 0 Å². The maximum absolute atomic E-state index is 10.3. The van der Waals surface area contributed by atoms with Gasteiger partial charge in [-0.2, -0.15) is 0 Å². The number of carbonyl (C=O) groups is 1. The van der Waals surface area contributed by atoms with Gasteiger partial charge in [-0.25, -0.2) is 5.01 Å². The summed E-state index contributed by atoms with van der Waals surface area (Å²) in [5.41, 5.74) is 0. The highest BCUT2D eigenvalue weighted by atomic mass is 32.1. The number of thiol groups is 1. The van der Waals surface area contributed by atoms with E-state index in [0.717, 1.165) is 0 Å². The first-order valence-electron chi connectivity index (χ1n) is 2.19. The second-order valence-electron chi connectivity index (χ2n) is 1.65. The van der Waals surface area contributed by atoms with Crippen molar-refractivity contribution in [2.75, 3.05) is 21.1 Å². The Morgan fingerprint density at radius 2 is 1.75 bits per heavy atom. The largest absolute Gasteiger partial charge is 0.292 e. The highest BCUT2D eigenvalue weighted by molar-refractivity contribution is 7.96. The van der Waals surface area contributed by atoms with Gasteiger partial charge in [-0.3, -0.25) is 9.80 Å². The van der Waals surface area contributed by atoms with E-state index in [-0.39, 0.29) is 5.24 Å². The van der Waals surface area contributed by atoms with Gasteiger partial charge in [0.05, 0.1) is 0 Å². The summed E-state index contributed by atoms with van der Waals surface area (Å²) >= 11 is 3.58. The van der Waals surface area contributed by atoms with E-state index in [9.17, 15) is 4.79 Å². The molecule has 48 valence electrons. The molecule has 0 saturated heterocycles. The highest BCUT2D eigenvalue weighted by Gasteiger charge is 2.02. The molecule has 4 heteroatoms. The molecule has 0 aliphatic carbocycles. The Morgan fingerprint density at radius 1 is 1.38 bits per heavy atom. The molecule has 0 heterocycles. The standard InChI is InChI=1S/C4H10N2OS/c1-5(2)6(3)4(7)8/h1-3H3,(H,7,8). The Bertz CT molecular complexity index is 94.0. The van der Waals surface area contributed by atoms with Crippen molar-refractivity contribution < 1.29 is 4.79 Å². The molecule has 0 aromatic rings. The first-order chi connectivity index (χ1) is 3.55. The summed E-state index contributed by atoms with van der Waals surface area (Å²) in [5.74, 6) is 0. The Balaban J connectivity index is 3.64. The van der Waals surface area contributed by atoms with E-state index >= 15 is 0 Å². The van der Waals surface area contributed by atoms with Gasteiger partial charge in [-0.1, -0.05) is 12.6 Å². The lowest BCUT2D eigenvalue weighted by Crippen LogP contribution is -2.34. The molecular formula is C4H10N2OS. The van der Waals surface area contributed by atoms with Crippen molar-refractivity contribution in [1.82, 2.24) is 10.0 Å². The van der Waals surface area contributed by atoms with Gasteiger partial charge in [-0.15, -0.1) is 0 Å². The van der Waals surface area contributed by atoms with E-state index < -0.39 is 0 Å². The van der Waals surface area contributed by atoms with Crippen LogP contribution < -0.4 is 0 Å². The molecular weight excluding hydrogens is 124 g/mol. The molecule has 0 radical (unpaired) electrons. The number of hydrogen-bond acceptors (Lipinski definition) is 2. The van der Waals surface area contributed by atoms with E-state index in [2.05, 4.69) is 12.6 Å². The number of nitrogens with zero attached hydrogens (tertiary/aromatic N) is 2. The third kappa shape index (κ3) is 2.18. The van der Waals surface area contributed by atoms with Gasteiger partial charge >= 0.3 is 0 Å². The van der Waals surface area contributed by atoms with Gasteiger partial charge in [0.15, 0.2) is 0 Å². The summed E-state index contributed by atoms with van der Waals surface area (Å²) in [4.78, 5) is 10.3. The Kier molecular flexibility index (Phi) is 2.86. The van der Waals surface area contributed by atoms with Gasteiger partial charge in [0.1, 0.15) is 0 Å². The fourth-order valence-corrected chi connectivity index (χ4v) is 0.350. The van der Waals surface area contributed by atoms with Crippen LogP contribution in [0.25, 0.3) is 0 Å². The summed E-state index contributed by atoms with van der Waals surface area (Å²) in [7, 11) is 5.19. The fraction of sp³-hybridized carbons (Fsp3) is 0.750. The van der Waals surface area contributed by atoms with Crippen LogP contribution in [-0.2, 0) is 0 Å². The van der Waals surface area contributed by atoms with Gasteiger partial charge in [0, 0.05) is 21.1 Å². The van der Waals surface area contributed by atoms with Crippen LogP contribution in [0.4, 0.5) is 4.79 Å². The molecule has 0 saturated carbocycles. The van der Waals surface area contributed by atoms with Crippen molar-refractivity contribution in [3.8, 4) is 0 Å². The number of hydrazine groups is 1. The topological polar surface area (TPSA) is 23.6 Å². The van der Waals surface area contributed by atoms with Crippen molar-refractivity contribution in [1.29, 1.82) is 0 Å². The lowest BCUT2D eigenvalue weighted by molar-refractivity contribution is 0.107. The number of amides is 1. The zero-order valence-corrected chi connectivity index (χ0v) is 6.14. The molecule has 0 aliphatic rings.